The molecule has 3 aromatic rings. The lowest BCUT2D eigenvalue weighted by molar-refractivity contribution is 0.0554. The average molecular weight is 392 g/mol. The molecule has 0 unspecified atom stereocenters. The minimum absolute atomic E-state index is 0.0847. The van der Waals surface area contributed by atoms with Crippen LogP contribution in [-0.2, 0) is 16.0 Å². The van der Waals surface area contributed by atoms with E-state index >= 15 is 0 Å². The molecule has 1 aliphatic heterocycles. The highest BCUT2D eigenvalue weighted by atomic mass is 16.7. The minimum atomic E-state index is -0.344. The molecule has 0 fully saturated rings. The Bertz CT molecular complexity index is 1000. The van der Waals surface area contributed by atoms with Crippen molar-refractivity contribution in [2.75, 3.05) is 19.2 Å². The summed E-state index contributed by atoms with van der Waals surface area (Å²) < 4.78 is 17.9. The maximum absolute atomic E-state index is 13.0. The molecule has 1 N–H and O–H groups in total. The standard InChI is InChI=1S/C21H20N4O4/c1-27-19-11-17(7-8-18(19)24-10-9-22-14-24)23-21(26)25(20-13-28-15-29-20)12-16-5-3-2-4-6-16/h2-11,13-14H,12,15H2,1H3,(H,23,26). The Morgan fingerprint density at radius 2 is 2.14 bits per heavy atom. The number of methoxy groups -OCH3 is 1. The fourth-order valence-corrected chi connectivity index (χ4v) is 2.95. The number of aromatic nitrogens is 2. The molecule has 2 amide bonds. The molecule has 1 aliphatic rings. The smallest absolute Gasteiger partial charge is 0.329 e. The van der Waals surface area contributed by atoms with Crippen molar-refractivity contribution in [3.63, 3.8) is 0 Å². The summed E-state index contributed by atoms with van der Waals surface area (Å²) in [5, 5.41) is 2.89. The van der Waals surface area contributed by atoms with Gasteiger partial charge in [0.25, 0.3) is 0 Å². The molecule has 2 aromatic carbocycles. The summed E-state index contributed by atoms with van der Waals surface area (Å²) in [6, 6.07) is 14.7. The highest BCUT2D eigenvalue weighted by Gasteiger charge is 2.23. The van der Waals surface area contributed by atoms with Crippen molar-refractivity contribution in [2.24, 2.45) is 0 Å². The fourth-order valence-electron chi connectivity index (χ4n) is 2.95. The van der Waals surface area contributed by atoms with Crippen molar-refractivity contribution in [1.82, 2.24) is 14.5 Å². The topological polar surface area (TPSA) is 77.9 Å². The predicted molar refractivity (Wildman–Crippen MR) is 106 cm³/mol. The first-order valence-corrected chi connectivity index (χ1v) is 8.98. The van der Waals surface area contributed by atoms with Gasteiger partial charge in [0.1, 0.15) is 12.0 Å². The van der Waals surface area contributed by atoms with E-state index in [1.807, 2.05) is 47.2 Å². The molecule has 29 heavy (non-hydrogen) atoms. The van der Waals surface area contributed by atoms with E-state index in [2.05, 4.69) is 10.3 Å². The van der Waals surface area contributed by atoms with Gasteiger partial charge in [-0.25, -0.2) is 9.78 Å². The van der Waals surface area contributed by atoms with Crippen molar-refractivity contribution in [1.29, 1.82) is 0 Å². The van der Waals surface area contributed by atoms with Crippen LogP contribution in [0.15, 0.2) is 79.4 Å². The van der Waals surface area contributed by atoms with Crippen LogP contribution in [0, 0.1) is 0 Å². The molecular weight excluding hydrogens is 372 g/mol. The quantitative estimate of drug-likeness (QED) is 0.692. The fraction of sp³-hybridized carbons (Fsp3) is 0.143. The molecule has 2 heterocycles. The van der Waals surface area contributed by atoms with Crippen LogP contribution in [0.4, 0.5) is 10.5 Å². The third-order valence-electron chi connectivity index (χ3n) is 4.37. The summed E-state index contributed by atoms with van der Waals surface area (Å²) in [6.45, 7) is 0.424. The van der Waals surface area contributed by atoms with Gasteiger partial charge in [0, 0.05) is 24.1 Å². The Labute approximate surface area is 167 Å². The maximum atomic E-state index is 13.0. The molecule has 0 saturated heterocycles. The van der Waals surface area contributed by atoms with Gasteiger partial charge >= 0.3 is 6.03 Å². The number of nitrogens with zero attached hydrogens (tertiary/aromatic N) is 3. The Kier molecular flexibility index (Phi) is 5.33. The minimum Gasteiger partial charge on any atom is -0.494 e. The molecule has 0 radical (unpaired) electrons. The number of hydrogen-bond donors (Lipinski definition) is 1. The Morgan fingerprint density at radius 3 is 2.83 bits per heavy atom. The van der Waals surface area contributed by atoms with Crippen LogP contribution in [-0.4, -0.2) is 34.4 Å². The zero-order valence-electron chi connectivity index (χ0n) is 15.8. The first-order chi connectivity index (χ1) is 14.2. The van der Waals surface area contributed by atoms with E-state index < -0.39 is 0 Å². The first kappa shape index (κ1) is 18.4. The predicted octanol–water partition coefficient (Wildman–Crippen LogP) is 3.72. The number of carbonyl (C=O) groups is 1. The van der Waals surface area contributed by atoms with Crippen molar-refractivity contribution >= 4 is 11.7 Å². The summed E-state index contributed by atoms with van der Waals surface area (Å²) in [5.41, 5.74) is 2.37. The van der Waals surface area contributed by atoms with E-state index in [4.69, 9.17) is 14.2 Å². The van der Waals surface area contributed by atoms with E-state index in [1.165, 1.54) is 11.2 Å². The van der Waals surface area contributed by atoms with Gasteiger partial charge in [-0.1, -0.05) is 30.3 Å². The molecule has 0 bridgehead atoms. The molecule has 148 valence electrons. The number of amides is 2. The summed E-state index contributed by atoms with van der Waals surface area (Å²) in [5.74, 6) is 0.962. The second kappa shape index (κ2) is 8.39. The second-order valence-corrected chi connectivity index (χ2v) is 6.24. The molecule has 8 nitrogen and oxygen atoms in total. The Morgan fingerprint density at radius 1 is 1.28 bits per heavy atom. The van der Waals surface area contributed by atoms with Crippen LogP contribution in [0.2, 0.25) is 0 Å². The number of urea groups is 1. The molecule has 1 aromatic heterocycles. The third kappa shape index (κ3) is 4.16. The van der Waals surface area contributed by atoms with Crippen LogP contribution in [0.1, 0.15) is 5.56 Å². The monoisotopic (exact) mass is 392 g/mol. The van der Waals surface area contributed by atoms with Crippen molar-refractivity contribution in [3.05, 3.63) is 85.0 Å². The van der Waals surface area contributed by atoms with E-state index in [1.54, 1.807) is 31.8 Å². The lowest BCUT2D eigenvalue weighted by atomic mass is 10.2. The third-order valence-corrected chi connectivity index (χ3v) is 4.37. The number of nitrogens with one attached hydrogen (secondary N) is 1. The zero-order valence-corrected chi connectivity index (χ0v) is 15.8. The number of carbonyl (C=O) groups excluding carboxylic acids is 1. The molecular formula is C21H20N4O4. The average Bonchev–Trinajstić information content (AvgIpc) is 3.47. The van der Waals surface area contributed by atoms with Gasteiger partial charge in [-0.2, -0.15) is 0 Å². The van der Waals surface area contributed by atoms with Gasteiger partial charge in [-0.05, 0) is 17.7 Å². The lowest BCUT2D eigenvalue weighted by Crippen LogP contribution is -2.34. The van der Waals surface area contributed by atoms with E-state index in [0.717, 1.165) is 11.3 Å². The first-order valence-electron chi connectivity index (χ1n) is 8.98. The van der Waals surface area contributed by atoms with E-state index in [0.29, 0.717) is 23.9 Å². The molecule has 0 aliphatic carbocycles. The summed E-state index contributed by atoms with van der Waals surface area (Å²) in [6.07, 6.45) is 6.63. The number of imidazole rings is 1. The molecule has 0 spiro atoms. The summed E-state index contributed by atoms with van der Waals surface area (Å²) in [7, 11) is 1.58. The normalized spacial score (nSPS) is 12.5. The van der Waals surface area contributed by atoms with Crippen LogP contribution in [0.3, 0.4) is 0 Å². The number of ether oxygens (including phenoxy) is 3. The number of rotatable bonds is 6. The maximum Gasteiger partial charge on any atom is 0.329 e. The van der Waals surface area contributed by atoms with Gasteiger partial charge in [0.2, 0.25) is 12.7 Å². The van der Waals surface area contributed by atoms with Gasteiger partial charge in [0.15, 0.2) is 0 Å². The summed E-state index contributed by atoms with van der Waals surface area (Å²) >= 11 is 0. The number of benzene rings is 2. The van der Waals surface area contributed by atoms with Gasteiger partial charge in [-0.3, -0.25) is 4.90 Å². The number of anilines is 1. The lowest BCUT2D eigenvalue weighted by Gasteiger charge is -2.22. The van der Waals surface area contributed by atoms with Crippen LogP contribution in [0.25, 0.3) is 5.69 Å². The van der Waals surface area contributed by atoms with Crippen LogP contribution >= 0.6 is 0 Å². The SMILES string of the molecule is COc1cc(NC(=O)N(Cc2ccccc2)C2=COCO2)ccc1-n1ccnc1. The molecule has 8 heteroatoms. The summed E-state index contributed by atoms with van der Waals surface area (Å²) in [4.78, 5) is 18.5. The van der Waals surface area contributed by atoms with Gasteiger partial charge in [-0.15, -0.1) is 0 Å². The van der Waals surface area contributed by atoms with Crippen molar-refractivity contribution < 1.29 is 19.0 Å². The van der Waals surface area contributed by atoms with E-state index in [9.17, 15) is 4.79 Å². The Balaban J connectivity index is 1.55. The van der Waals surface area contributed by atoms with Crippen molar-refractivity contribution in [2.45, 2.75) is 6.54 Å². The highest BCUT2D eigenvalue weighted by molar-refractivity contribution is 5.90. The van der Waals surface area contributed by atoms with E-state index in [-0.39, 0.29) is 12.8 Å². The number of hydrogen-bond acceptors (Lipinski definition) is 5. The zero-order chi connectivity index (χ0) is 20.1. The van der Waals surface area contributed by atoms with Gasteiger partial charge < -0.3 is 24.1 Å². The molecule has 0 atom stereocenters. The van der Waals surface area contributed by atoms with Crippen LogP contribution < -0.4 is 10.1 Å². The second-order valence-electron chi connectivity index (χ2n) is 6.24. The molecule has 4 rings (SSSR count). The van der Waals surface area contributed by atoms with Crippen molar-refractivity contribution in [3.8, 4) is 11.4 Å². The van der Waals surface area contributed by atoms with Crippen LogP contribution in [0.5, 0.6) is 5.75 Å². The highest BCUT2D eigenvalue weighted by Crippen LogP contribution is 2.27. The van der Waals surface area contributed by atoms with Gasteiger partial charge in [0.05, 0.1) is 25.7 Å². The largest absolute Gasteiger partial charge is 0.494 e. The molecule has 0 saturated carbocycles. The Hall–Kier alpha value is -3.94.